The predicted octanol–water partition coefficient (Wildman–Crippen LogP) is 2.94. The first kappa shape index (κ1) is 13.5. The maximum atomic E-state index is 5.73. The van der Waals surface area contributed by atoms with Crippen LogP contribution in [-0.4, -0.2) is 19.8 Å². The molecule has 90 valence electrons. The quantitative estimate of drug-likeness (QED) is 0.742. The summed E-state index contributed by atoms with van der Waals surface area (Å²) in [6.07, 6.45) is 1.04. The molecule has 0 heterocycles. The van der Waals surface area contributed by atoms with Gasteiger partial charge < -0.3 is 10.1 Å². The number of methoxy groups -OCH3 is 1. The highest BCUT2D eigenvalue weighted by atomic mass is 35.5. The molecule has 0 aliphatic rings. The summed E-state index contributed by atoms with van der Waals surface area (Å²) in [5.41, 5.74) is 2.45. The molecule has 0 amide bonds. The second-order valence-electron chi connectivity index (χ2n) is 4.01. The van der Waals surface area contributed by atoms with Crippen molar-refractivity contribution < 1.29 is 4.74 Å². The monoisotopic (exact) mass is 241 g/mol. The van der Waals surface area contributed by atoms with Crippen molar-refractivity contribution in [3.05, 3.63) is 35.4 Å². The van der Waals surface area contributed by atoms with Gasteiger partial charge in [0.2, 0.25) is 0 Å². The smallest absolute Gasteiger partial charge is 0.0476 e. The Bertz CT molecular complexity index is 286. The lowest BCUT2D eigenvalue weighted by atomic mass is 10.1. The van der Waals surface area contributed by atoms with Gasteiger partial charge in [-0.25, -0.2) is 0 Å². The number of ether oxygens (including phenoxy) is 1. The minimum absolute atomic E-state index is 0.479. The molecule has 1 atom stereocenters. The fourth-order valence-electron chi connectivity index (χ4n) is 1.43. The summed E-state index contributed by atoms with van der Waals surface area (Å²) < 4.78 is 5.04. The predicted molar refractivity (Wildman–Crippen MR) is 68.8 cm³/mol. The van der Waals surface area contributed by atoms with E-state index in [1.165, 1.54) is 5.56 Å². The van der Waals surface area contributed by atoms with Crippen LogP contribution in [-0.2, 0) is 17.2 Å². The molecule has 0 saturated heterocycles. The Morgan fingerprint density at radius 2 is 1.88 bits per heavy atom. The Morgan fingerprint density at radius 3 is 2.44 bits per heavy atom. The SMILES string of the molecule is COCCC(C)NCc1ccc(CCl)cc1. The van der Waals surface area contributed by atoms with Gasteiger partial charge in [-0.05, 0) is 24.5 Å². The summed E-state index contributed by atoms with van der Waals surface area (Å²) in [6.45, 7) is 3.87. The number of rotatable bonds is 7. The Kier molecular flexibility index (Phi) is 6.46. The summed E-state index contributed by atoms with van der Waals surface area (Å²) in [6, 6.07) is 8.86. The van der Waals surface area contributed by atoms with E-state index in [2.05, 4.69) is 36.5 Å². The Balaban J connectivity index is 2.30. The van der Waals surface area contributed by atoms with Gasteiger partial charge in [0.1, 0.15) is 0 Å². The van der Waals surface area contributed by atoms with Crippen LogP contribution in [0.15, 0.2) is 24.3 Å². The van der Waals surface area contributed by atoms with E-state index in [0.717, 1.165) is 25.1 Å². The largest absolute Gasteiger partial charge is 0.385 e. The van der Waals surface area contributed by atoms with Crippen molar-refractivity contribution in [2.24, 2.45) is 0 Å². The molecule has 0 spiro atoms. The molecule has 1 rings (SSSR count). The Labute approximate surface area is 103 Å². The number of hydrogen-bond donors (Lipinski definition) is 1. The minimum atomic E-state index is 0.479. The van der Waals surface area contributed by atoms with E-state index >= 15 is 0 Å². The zero-order chi connectivity index (χ0) is 11.8. The molecule has 0 saturated carbocycles. The summed E-state index contributed by atoms with van der Waals surface area (Å²) in [4.78, 5) is 0. The molecule has 2 nitrogen and oxygen atoms in total. The molecule has 1 N–H and O–H groups in total. The highest BCUT2D eigenvalue weighted by Crippen LogP contribution is 2.07. The maximum absolute atomic E-state index is 5.73. The summed E-state index contributed by atoms with van der Waals surface area (Å²) >= 11 is 5.73. The topological polar surface area (TPSA) is 21.3 Å². The van der Waals surface area contributed by atoms with E-state index in [9.17, 15) is 0 Å². The van der Waals surface area contributed by atoms with Gasteiger partial charge in [-0.15, -0.1) is 11.6 Å². The number of benzene rings is 1. The molecule has 1 aromatic rings. The van der Waals surface area contributed by atoms with E-state index in [-0.39, 0.29) is 0 Å². The maximum Gasteiger partial charge on any atom is 0.0476 e. The Hall–Kier alpha value is -0.570. The van der Waals surface area contributed by atoms with Crippen LogP contribution in [0.4, 0.5) is 0 Å². The number of nitrogens with one attached hydrogen (secondary N) is 1. The van der Waals surface area contributed by atoms with Gasteiger partial charge in [-0.2, -0.15) is 0 Å². The van der Waals surface area contributed by atoms with Gasteiger partial charge in [0.15, 0.2) is 0 Å². The number of hydrogen-bond acceptors (Lipinski definition) is 2. The minimum Gasteiger partial charge on any atom is -0.385 e. The van der Waals surface area contributed by atoms with Gasteiger partial charge in [0.05, 0.1) is 0 Å². The van der Waals surface area contributed by atoms with Crippen molar-refractivity contribution in [3.8, 4) is 0 Å². The van der Waals surface area contributed by atoms with Crippen molar-refractivity contribution >= 4 is 11.6 Å². The van der Waals surface area contributed by atoms with Gasteiger partial charge in [0.25, 0.3) is 0 Å². The van der Waals surface area contributed by atoms with Crippen LogP contribution in [0, 0.1) is 0 Å². The molecule has 3 heteroatoms. The average molecular weight is 242 g/mol. The zero-order valence-electron chi connectivity index (χ0n) is 10.0. The molecule has 0 fully saturated rings. The van der Waals surface area contributed by atoms with Crippen LogP contribution < -0.4 is 5.32 Å². The van der Waals surface area contributed by atoms with Crippen LogP contribution in [0.2, 0.25) is 0 Å². The van der Waals surface area contributed by atoms with Crippen LogP contribution in [0.5, 0.6) is 0 Å². The van der Waals surface area contributed by atoms with Gasteiger partial charge in [-0.1, -0.05) is 24.3 Å². The first-order valence-electron chi connectivity index (χ1n) is 5.62. The first-order valence-corrected chi connectivity index (χ1v) is 6.16. The van der Waals surface area contributed by atoms with Gasteiger partial charge in [0, 0.05) is 32.2 Å². The Morgan fingerprint density at radius 1 is 1.25 bits per heavy atom. The second-order valence-corrected chi connectivity index (χ2v) is 4.28. The van der Waals surface area contributed by atoms with Gasteiger partial charge >= 0.3 is 0 Å². The fraction of sp³-hybridized carbons (Fsp3) is 0.538. The fourth-order valence-corrected chi connectivity index (χ4v) is 1.61. The normalized spacial score (nSPS) is 12.7. The van der Waals surface area contributed by atoms with Crippen LogP contribution in [0.1, 0.15) is 24.5 Å². The zero-order valence-corrected chi connectivity index (χ0v) is 10.8. The van der Waals surface area contributed by atoms with Crippen LogP contribution in [0.25, 0.3) is 0 Å². The van der Waals surface area contributed by atoms with E-state index in [0.29, 0.717) is 11.9 Å². The third-order valence-electron chi connectivity index (χ3n) is 2.59. The van der Waals surface area contributed by atoms with Crippen molar-refractivity contribution in [1.29, 1.82) is 0 Å². The lowest BCUT2D eigenvalue weighted by Gasteiger charge is -2.13. The van der Waals surface area contributed by atoms with Crippen LogP contribution >= 0.6 is 11.6 Å². The van der Waals surface area contributed by atoms with E-state index in [1.807, 2.05) is 0 Å². The lowest BCUT2D eigenvalue weighted by Crippen LogP contribution is -2.26. The molecular formula is C13H20ClNO. The van der Waals surface area contributed by atoms with Crippen molar-refractivity contribution in [2.45, 2.75) is 31.8 Å². The number of halogens is 1. The average Bonchev–Trinajstić information content (AvgIpc) is 2.34. The lowest BCUT2D eigenvalue weighted by molar-refractivity contribution is 0.184. The van der Waals surface area contributed by atoms with E-state index in [4.69, 9.17) is 16.3 Å². The molecule has 0 radical (unpaired) electrons. The molecule has 0 aromatic heterocycles. The molecule has 1 unspecified atom stereocenters. The molecular weight excluding hydrogens is 222 g/mol. The van der Waals surface area contributed by atoms with Gasteiger partial charge in [-0.3, -0.25) is 0 Å². The highest BCUT2D eigenvalue weighted by molar-refractivity contribution is 6.17. The van der Waals surface area contributed by atoms with Crippen LogP contribution in [0.3, 0.4) is 0 Å². The second kappa shape index (κ2) is 7.66. The number of alkyl halides is 1. The molecule has 0 aliphatic heterocycles. The summed E-state index contributed by atoms with van der Waals surface area (Å²) in [5, 5.41) is 3.46. The van der Waals surface area contributed by atoms with Crippen molar-refractivity contribution in [3.63, 3.8) is 0 Å². The molecule has 16 heavy (non-hydrogen) atoms. The molecule has 0 aliphatic carbocycles. The third kappa shape index (κ3) is 4.97. The highest BCUT2D eigenvalue weighted by Gasteiger charge is 2.01. The van der Waals surface area contributed by atoms with Crippen molar-refractivity contribution in [1.82, 2.24) is 5.32 Å². The summed E-state index contributed by atoms with van der Waals surface area (Å²) in [7, 11) is 1.73. The molecule has 0 bridgehead atoms. The van der Waals surface area contributed by atoms with E-state index < -0.39 is 0 Å². The standard InChI is InChI=1S/C13H20ClNO/c1-11(7-8-16-2)15-10-13-5-3-12(9-14)4-6-13/h3-6,11,15H,7-10H2,1-2H3. The summed E-state index contributed by atoms with van der Waals surface area (Å²) in [5.74, 6) is 0.581. The first-order chi connectivity index (χ1) is 7.76. The molecule has 1 aromatic carbocycles. The third-order valence-corrected chi connectivity index (χ3v) is 2.90. The van der Waals surface area contributed by atoms with Crippen molar-refractivity contribution in [2.75, 3.05) is 13.7 Å². The van der Waals surface area contributed by atoms with E-state index in [1.54, 1.807) is 7.11 Å².